The van der Waals surface area contributed by atoms with Crippen LogP contribution in [-0.4, -0.2) is 4.57 Å². The maximum Gasteiger partial charge on any atom is 0.0755 e. The average Bonchev–Trinajstić information content (AvgIpc) is 3.98. The number of anilines is 2. The van der Waals surface area contributed by atoms with Crippen molar-refractivity contribution < 1.29 is 0 Å². The lowest BCUT2D eigenvalue weighted by Gasteiger charge is -2.40. The predicted octanol–water partition coefficient (Wildman–Crippen LogP) is 16.8. The van der Waals surface area contributed by atoms with Gasteiger partial charge in [-0.1, -0.05) is 202 Å². The van der Waals surface area contributed by atoms with E-state index in [2.05, 4.69) is 248 Å². The van der Waals surface area contributed by atoms with E-state index < -0.39 is 5.41 Å². The molecule has 2 unspecified atom stereocenters. The number of hydrogen-bond donors (Lipinski definition) is 0. The summed E-state index contributed by atoms with van der Waals surface area (Å²) in [6, 6.07) is 78.3. The highest BCUT2D eigenvalue weighted by Gasteiger charge is 2.52. The Hall–Kier alpha value is -8.20. The fourth-order valence-corrected chi connectivity index (χ4v) is 13.4. The van der Waals surface area contributed by atoms with E-state index in [9.17, 15) is 0 Å². The van der Waals surface area contributed by atoms with Crippen molar-refractivity contribution in [1.82, 2.24) is 4.57 Å². The van der Waals surface area contributed by atoms with Crippen LogP contribution in [0.4, 0.5) is 11.4 Å². The van der Waals surface area contributed by atoms with E-state index in [4.69, 9.17) is 0 Å². The molecule has 10 aromatic carbocycles. The molecule has 68 heavy (non-hydrogen) atoms. The summed E-state index contributed by atoms with van der Waals surface area (Å²) in [6.07, 6.45) is 8.22. The molecule has 11 aromatic rings. The van der Waals surface area contributed by atoms with E-state index in [-0.39, 0.29) is 5.41 Å². The summed E-state index contributed by atoms with van der Waals surface area (Å²) in [6.45, 7) is 4.79. The van der Waals surface area contributed by atoms with Crippen molar-refractivity contribution in [1.29, 1.82) is 0 Å². The van der Waals surface area contributed by atoms with Gasteiger partial charge in [-0.2, -0.15) is 0 Å². The molecular weight excluding hydrogens is 821 g/mol. The van der Waals surface area contributed by atoms with Crippen molar-refractivity contribution in [2.75, 3.05) is 4.90 Å². The van der Waals surface area contributed by atoms with Crippen molar-refractivity contribution in [2.24, 2.45) is 0 Å². The first kappa shape index (κ1) is 38.0. The Kier molecular flexibility index (Phi) is 7.64. The molecule has 1 spiro atoms. The summed E-state index contributed by atoms with van der Waals surface area (Å²) >= 11 is 0. The Morgan fingerprint density at radius 2 is 1.16 bits per heavy atom. The molecule has 2 heterocycles. The zero-order valence-corrected chi connectivity index (χ0v) is 38.0. The van der Waals surface area contributed by atoms with Crippen LogP contribution in [0.25, 0.3) is 71.3 Å². The summed E-state index contributed by atoms with van der Waals surface area (Å²) in [4.78, 5) is 2.60. The Morgan fingerprint density at radius 1 is 0.485 bits per heavy atom. The lowest BCUT2D eigenvalue weighted by molar-refractivity contribution is 0.660. The molecule has 0 N–H and O–H groups in total. The second-order valence-electron chi connectivity index (χ2n) is 19.9. The van der Waals surface area contributed by atoms with Crippen LogP contribution in [0.2, 0.25) is 0 Å². The van der Waals surface area contributed by atoms with E-state index in [1.165, 1.54) is 127 Å². The van der Waals surface area contributed by atoms with Crippen LogP contribution in [0.5, 0.6) is 0 Å². The van der Waals surface area contributed by atoms with Crippen LogP contribution < -0.4 is 4.90 Å². The Morgan fingerprint density at radius 3 is 2.01 bits per heavy atom. The van der Waals surface area contributed by atoms with Crippen molar-refractivity contribution in [2.45, 2.75) is 37.0 Å². The topological polar surface area (TPSA) is 8.17 Å². The molecule has 0 saturated heterocycles. The molecule has 2 nitrogen and oxygen atoms in total. The Bertz CT molecular complexity index is 4050. The lowest BCUT2D eigenvalue weighted by Crippen LogP contribution is -2.33. The van der Waals surface area contributed by atoms with Gasteiger partial charge in [0, 0.05) is 38.9 Å². The second-order valence-corrected chi connectivity index (χ2v) is 19.9. The van der Waals surface area contributed by atoms with E-state index >= 15 is 0 Å². The Labute approximate surface area is 396 Å². The molecule has 0 saturated carbocycles. The maximum atomic E-state index is 2.62. The summed E-state index contributed by atoms with van der Waals surface area (Å²) in [5, 5.41) is 7.63. The minimum Gasteiger partial charge on any atom is -0.310 e. The van der Waals surface area contributed by atoms with E-state index in [0.29, 0.717) is 5.92 Å². The lowest BCUT2D eigenvalue weighted by atomic mass is 9.65. The number of allylic oxidation sites excluding steroid dienone is 3. The largest absolute Gasteiger partial charge is 0.310 e. The molecule has 0 amide bonds. The number of aromatic nitrogens is 1. The molecule has 3 aliphatic carbocycles. The minimum absolute atomic E-state index is 0.154. The summed E-state index contributed by atoms with van der Waals surface area (Å²) in [7, 11) is 0. The zero-order valence-electron chi connectivity index (χ0n) is 38.0. The molecular formula is C66H46N2. The molecule has 320 valence electrons. The van der Waals surface area contributed by atoms with Gasteiger partial charge in [-0.3, -0.25) is 0 Å². The van der Waals surface area contributed by atoms with Crippen LogP contribution in [0.1, 0.15) is 65.1 Å². The van der Waals surface area contributed by atoms with E-state index in [1.54, 1.807) is 0 Å². The molecule has 15 rings (SSSR count). The van der Waals surface area contributed by atoms with Gasteiger partial charge in [0.1, 0.15) is 0 Å². The van der Waals surface area contributed by atoms with Gasteiger partial charge >= 0.3 is 0 Å². The van der Waals surface area contributed by atoms with Gasteiger partial charge < -0.3 is 9.47 Å². The predicted molar refractivity (Wildman–Crippen MR) is 284 cm³/mol. The third-order valence-electron chi connectivity index (χ3n) is 16.3. The number of rotatable bonds is 4. The zero-order chi connectivity index (χ0) is 44.9. The second kappa shape index (κ2) is 13.7. The molecule has 1 aromatic heterocycles. The average molecular weight is 867 g/mol. The van der Waals surface area contributed by atoms with Gasteiger partial charge in [0.2, 0.25) is 0 Å². The van der Waals surface area contributed by atoms with Crippen LogP contribution in [0.3, 0.4) is 0 Å². The Balaban J connectivity index is 1.07. The summed E-state index contributed by atoms with van der Waals surface area (Å²) in [5.41, 5.74) is 21.3. The molecule has 1 aliphatic heterocycles. The van der Waals surface area contributed by atoms with Crippen molar-refractivity contribution in [3.63, 3.8) is 0 Å². The van der Waals surface area contributed by atoms with Crippen molar-refractivity contribution >= 4 is 54.7 Å². The van der Waals surface area contributed by atoms with E-state index in [0.717, 1.165) is 6.42 Å². The first-order chi connectivity index (χ1) is 33.5. The van der Waals surface area contributed by atoms with Crippen molar-refractivity contribution in [3.8, 4) is 27.9 Å². The number of fused-ring (bicyclic) bond motifs is 19. The van der Waals surface area contributed by atoms with Crippen LogP contribution in [-0.2, 0) is 10.8 Å². The fraction of sp³-hybridized carbons (Fsp3) is 0.0909. The first-order valence-electron chi connectivity index (χ1n) is 24.2. The molecule has 2 heteroatoms. The molecule has 0 fully saturated rings. The minimum atomic E-state index is -0.629. The van der Waals surface area contributed by atoms with Gasteiger partial charge in [0.05, 0.1) is 27.8 Å². The van der Waals surface area contributed by atoms with Gasteiger partial charge in [-0.15, -0.1) is 0 Å². The van der Waals surface area contributed by atoms with Gasteiger partial charge in [0.15, 0.2) is 0 Å². The third kappa shape index (κ3) is 4.81. The standard InChI is InChI=1S/C66H46N2/c1-65(2)53-26-12-10-21-47(53)48-37-36-45(39-57(48)65)67(44-34-31-42(32-35-44)41-17-4-3-5-18-41)61-40-58-63(51-24-9-8-22-49(51)61)62-46-20-7-6-19-43(46)33-38-55(62)66(58)54-27-13-15-30-60(54)68-59-29-14-11-23-50(59)52-25-16-28-56(66)64(52)68/h3-31,33-40,42H,32H2,1-2H3. The number of para-hydroxylation sites is 3. The smallest absolute Gasteiger partial charge is 0.0755 e. The highest BCUT2D eigenvalue weighted by molar-refractivity contribution is 6.18. The normalized spacial score (nSPS) is 17.9. The monoisotopic (exact) mass is 866 g/mol. The number of benzene rings is 10. The maximum absolute atomic E-state index is 2.62. The SMILES string of the molecule is CC1(C)c2ccccc2-c2ccc(N(C3=CCC(c4ccccc4)C=C3)c3cc4c(c5ccccc35)-c3c(ccc5ccccc35)C43c4ccccc4-n4c5ccccc5c5cccc3c54)cc21. The summed E-state index contributed by atoms with van der Waals surface area (Å²) in [5.74, 6) is 0.309. The highest BCUT2D eigenvalue weighted by Crippen LogP contribution is 2.64. The van der Waals surface area contributed by atoms with Crippen LogP contribution in [0.15, 0.2) is 230 Å². The molecule has 2 atom stereocenters. The molecule has 0 radical (unpaired) electrons. The number of hydrogen-bond acceptors (Lipinski definition) is 1. The first-order valence-corrected chi connectivity index (χ1v) is 24.2. The van der Waals surface area contributed by atoms with Crippen LogP contribution in [0, 0.1) is 0 Å². The van der Waals surface area contributed by atoms with Gasteiger partial charge in [0.25, 0.3) is 0 Å². The van der Waals surface area contributed by atoms with Crippen LogP contribution >= 0.6 is 0 Å². The van der Waals surface area contributed by atoms with Crippen molar-refractivity contribution in [3.05, 3.63) is 269 Å². The quantitative estimate of drug-likeness (QED) is 0.171. The highest BCUT2D eigenvalue weighted by atomic mass is 15.1. The summed E-state index contributed by atoms with van der Waals surface area (Å²) < 4.78 is 2.55. The van der Waals surface area contributed by atoms with Gasteiger partial charge in [-0.25, -0.2) is 0 Å². The van der Waals surface area contributed by atoms with Gasteiger partial charge in [-0.05, 0) is 120 Å². The number of nitrogens with zero attached hydrogens (tertiary/aromatic N) is 2. The molecule has 4 aliphatic rings. The molecule has 0 bridgehead atoms. The fourth-order valence-electron chi connectivity index (χ4n) is 13.4. The van der Waals surface area contributed by atoms with E-state index in [1.807, 2.05) is 0 Å². The third-order valence-corrected chi connectivity index (χ3v) is 16.3.